The maximum atomic E-state index is 13.1. The normalized spacial score (nSPS) is 13.5. The number of aliphatic imine (C=N–C) groups is 1. The summed E-state index contributed by atoms with van der Waals surface area (Å²) in [5.41, 5.74) is 0.889. The smallest absolute Gasteiger partial charge is 0.191 e. The molecule has 0 amide bonds. The van der Waals surface area contributed by atoms with E-state index in [0.29, 0.717) is 30.5 Å². The number of benzene rings is 2. The number of nitrogens with one attached hydrogen (secondary N) is 2. The van der Waals surface area contributed by atoms with Gasteiger partial charge in [-0.1, -0.05) is 24.3 Å². The van der Waals surface area contributed by atoms with Gasteiger partial charge >= 0.3 is 0 Å². The number of halogens is 1. The molecule has 28 heavy (non-hydrogen) atoms. The number of hydrogen-bond donors (Lipinski definition) is 2. The third-order valence-corrected chi connectivity index (χ3v) is 4.16. The molecule has 152 valence electrons. The lowest BCUT2D eigenvalue weighted by Crippen LogP contribution is -2.43. The maximum absolute atomic E-state index is 13.1. The van der Waals surface area contributed by atoms with Crippen LogP contribution in [0.1, 0.15) is 18.6 Å². The van der Waals surface area contributed by atoms with Crippen LogP contribution >= 0.6 is 0 Å². The number of ether oxygens (including phenoxy) is 3. The van der Waals surface area contributed by atoms with Gasteiger partial charge in [0.05, 0.1) is 19.8 Å². The number of methoxy groups -OCH3 is 2. The van der Waals surface area contributed by atoms with Crippen molar-refractivity contribution in [3.05, 3.63) is 59.9 Å². The number of hydrogen-bond acceptors (Lipinski definition) is 4. The van der Waals surface area contributed by atoms with Gasteiger partial charge in [-0.2, -0.15) is 0 Å². The lowest BCUT2D eigenvalue weighted by molar-refractivity contribution is 0.106. The molecule has 0 aromatic heterocycles. The van der Waals surface area contributed by atoms with E-state index in [9.17, 15) is 4.39 Å². The Bertz CT molecular complexity index is 753. The number of guanidine groups is 1. The van der Waals surface area contributed by atoms with Gasteiger partial charge in [-0.15, -0.1) is 0 Å². The zero-order valence-electron chi connectivity index (χ0n) is 16.7. The first-order valence-corrected chi connectivity index (χ1v) is 9.09. The number of rotatable bonds is 9. The number of para-hydroxylation sites is 2. The van der Waals surface area contributed by atoms with E-state index in [2.05, 4.69) is 15.6 Å². The summed E-state index contributed by atoms with van der Waals surface area (Å²) in [4.78, 5) is 4.21. The van der Waals surface area contributed by atoms with E-state index >= 15 is 0 Å². The second-order valence-electron chi connectivity index (χ2n) is 6.19. The molecule has 0 aliphatic heterocycles. The molecule has 0 aliphatic carbocycles. The fourth-order valence-corrected chi connectivity index (χ4v) is 2.64. The Hall–Kier alpha value is -2.80. The van der Waals surface area contributed by atoms with Crippen LogP contribution in [-0.4, -0.2) is 46.4 Å². The highest BCUT2D eigenvalue weighted by Gasteiger charge is 2.13. The van der Waals surface area contributed by atoms with E-state index < -0.39 is 0 Å². The van der Waals surface area contributed by atoms with Crippen molar-refractivity contribution in [3.63, 3.8) is 0 Å². The molecule has 0 saturated carbocycles. The first-order chi connectivity index (χ1) is 13.6. The zero-order chi connectivity index (χ0) is 20.4. The predicted molar refractivity (Wildman–Crippen MR) is 109 cm³/mol. The minimum atomic E-state index is -0.270. The van der Waals surface area contributed by atoms with Crippen LogP contribution in [0.4, 0.5) is 4.39 Å². The quantitative estimate of drug-likeness (QED) is 0.510. The van der Waals surface area contributed by atoms with Crippen LogP contribution in [0.2, 0.25) is 0 Å². The standard InChI is InChI=1S/C21H28FN3O3/c1-15(28-19-8-6-5-7-18(19)26-3)13-24-21(23-2)25-14-20(27-4)16-9-11-17(22)12-10-16/h5-12,15,20H,13-14H2,1-4H3,(H2,23,24,25). The summed E-state index contributed by atoms with van der Waals surface area (Å²) in [5, 5.41) is 6.44. The average molecular weight is 389 g/mol. The van der Waals surface area contributed by atoms with Gasteiger partial charge in [0.25, 0.3) is 0 Å². The molecule has 0 aliphatic rings. The van der Waals surface area contributed by atoms with E-state index in [1.807, 2.05) is 31.2 Å². The highest BCUT2D eigenvalue weighted by atomic mass is 19.1. The average Bonchev–Trinajstić information content (AvgIpc) is 2.72. The summed E-state index contributed by atoms with van der Waals surface area (Å²) in [5.74, 6) is 1.74. The van der Waals surface area contributed by atoms with E-state index in [4.69, 9.17) is 14.2 Å². The fraction of sp³-hybridized carbons (Fsp3) is 0.381. The van der Waals surface area contributed by atoms with E-state index in [-0.39, 0.29) is 18.0 Å². The van der Waals surface area contributed by atoms with Gasteiger partial charge in [0.2, 0.25) is 0 Å². The molecule has 2 aromatic rings. The molecule has 2 rings (SSSR count). The molecule has 0 heterocycles. The summed E-state index contributed by atoms with van der Waals surface area (Å²) in [7, 11) is 4.93. The molecule has 2 unspecified atom stereocenters. The second-order valence-corrected chi connectivity index (χ2v) is 6.19. The topological polar surface area (TPSA) is 64.1 Å². The molecule has 0 radical (unpaired) electrons. The van der Waals surface area contributed by atoms with Crippen molar-refractivity contribution in [3.8, 4) is 11.5 Å². The van der Waals surface area contributed by atoms with Crippen molar-refractivity contribution in [1.29, 1.82) is 0 Å². The number of nitrogens with zero attached hydrogens (tertiary/aromatic N) is 1. The molecule has 0 spiro atoms. The van der Waals surface area contributed by atoms with Crippen LogP contribution in [0.25, 0.3) is 0 Å². The van der Waals surface area contributed by atoms with E-state index in [1.54, 1.807) is 33.4 Å². The summed E-state index contributed by atoms with van der Waals surface area (Å²) in [6.07, 6.45) is -0.327. The third-order valence-electron chi connectivity index (χ3n) is 4.16. The Balaban J connectivity index is 1.84. The summed E-state index contributed by atoms with van der Waals surface area (Å²) in [6, 6.07) is 13.8. The van der Waals surface area contributed by atoms with Crippen LogP contribution in [0.5, 0.6) is 11.5 Å². The molecule has 6 nitrogen and oxygen atoms in total. The Morgan fingerprint density at radius 2 is 1.64 bits per heavy atom. The molecule has 0 saturated heterocycles. The van der Waals surface area contributed by atoms with Crippen LogP contribution in [0.3, 0.4) is 0 Å². The van der Waals surface area contributed by atoms with Crippen molar-refractivity contribution in [2.75, 3.05) is 34.4 Å². The molecule has 0 bridgehead atoms. The monoisotopic (exact) mass is 389 g/mol. The van der Waals surface area contributed by atoms with E-state index in [1.165, 1.54) is 12.1 Å². The highest BCUT2D eigenvalue weighted by molar-refractivity contribution is 5.79. The van der Waals surface area contributed by atoms with Gasteiger partial charge in [-0.3, -0.25) is 4.99 Å². The zero-order valence-corrected chi connectivity index (χ0v) is 16.7. The van der Waals surface area contributed by atoms with Crippen LogP contribution in [0, 0.1) is 5.82 Å². The molecule has 7 heteroatoms. The van der Waals surface area contributed by atoms with Gasteiger partial charge < -0.3 is 24.8 Å². The van der Waals surface area contributed by atoms with Crippen LogP contribution in [0.15, 0.2) is 53.5 Å². The minimum absolute atomic E-state index is 0.106. The van der Waals surface area contributed by atoms with Gasteiger partial charge in [0, 0.05) is 20.7 Å². The van der Waals surface area contributed by atoms with Crippen molar-refractivity contribution in [2.45, 2.75) is 19.1 Å². The lowest BCUT2D eigenvalue weighted by atomic mass is 10.1. The summed E-state index contributed by atoms with van der Waals surface area (Å²) >= 11 is 0. The Morgan fingerprint density at radius 3 is 2.25 bits per heavy atom. The van der Waals surface area contributed by atoms with Gasteiger partial charge in [-0.25, -0.2) is 4.39 Å². The Labute approximate surface area is 165 Å². The molecular formula is C21H28FN3O3. The van der Waals surface area contributed by atoms with Crippen LogP contribution < -0.4 is 20.1 Å². The van der Waals surface area contributed by atoms with Gasteiger partial charge in [0.1, 0.15) is 11.9 Å². The summed E-state index contributed by atoms with van der Waals surface area (Å²) in [6.45, 7) is 3.00. The molecular weight excluding hydrogens is 361 g/mol. The van der Waals surface area contributed by atoms with E-state index in [0.717, 1.165) is 5.56 Å². The summed E-state index contributed by atoms with van der Waals surface area (Å²) < 4.78 is 29.8. The fourth-order valence-electron chi connectivity index (χ4n) is 2.64. The first kappa shape index (κ1) is 21.5. The minimum Gasteiger partial charge on any atom is -0.493 e. The molecule has 0 fully saturated rings. The van der Waals surface area contributed by atoms with Crippen molar-refractivity contribution < 1.29 is 18.6 Å². The Morgan fingerprint density at radius 1 is 1.00 bits per heavy atom. The largest absolute Gasteiger partial charge is 0.493 e. The second kappa shape index (κ2) is 11.1. The van der Waals surface area contributed by atoms with Crippen molar-refractivity contribution in [2.24, 2.45) is 4.99 Å². The molecule has 2 aromatic carbocycles. The Kier molecular flexibility index (Phi) is 8.55. The molecule has 2 N–H and O–H groups in total. The SMILES string of the molecule is CN=C(NCC(C)Oc1ccccc1OC)NCC(OC)c1ccc(F)cc1. The van der Waals surface area contributed by atoms with Gasteiger partial charge in [0.15, 0.2) is 17.5 Å². The van der Waals surface area contributed by atoms with Crippen molar-refractivity contribution >= 4 is 5.96 Å². The highest BCUT2D eigenvalue weighted by Crippen LogP contribution is 2.26. The third kappa shape index (κ3) is 6.42. The van der Waals surface area contributed by atoms with Crippen molar-refractivity contribution in [1.82, 2.24) is 10.6 Å². The van der Waals surface area contributed by atoms with Gasteiger partial charge in [-0.05, 0) is 36.8 Å². The first-order valence-electron chi connectivity index (χ1n) is 9.09. The maximum Gasteiger partial charge on any atom is 0.191 e. The lowest BCUT2D eigenvalue weighted by Gasteiger charge is -2.21. The van der Waals surface area contributed by atoms with Crippen LogP contribution in [-0.2, 0) is 4.74 Å². The predicted octanol–water partition coefficient (Wildman–Crippen LogP) is 3.15. The molecule has 2 atom stereocenters.